The van der Waals surface area contributed by atoms with E-state index in [9.17, 15) is 4.79 Å². The SMILES string of the molecule is CC1=CCC[C@@H]2[C@]3(C)[C@@H](CC[C@@]12C)C(=O)O[C@H]3c1occc1C. The minimum atomic E-state index is -0.245. The molecule has 4 rings (SSSR count). The molecule has 1 aliphatic heterocycles. The van der Waals surface area contributed by atoms with Gasteiger partial charge in [-0.05, 0) is 62.5 Å². The molecule has 3 aliphatic rings. The molecule has 2 aliphatic carbocycles. The van der Waals surface area contributed by atoms with Gasteiger partial charge < -0.3 is 9.15 Å². The Bertz CT molecular complexity index is 685. The lowest BCUT2D eigenvalue weighted by atomic mass is 9.47. The Balaban J connectivity index is 1.85. The Kier molecular flexibility index (Phi) is 3.11. The summed E-state index contributed by atoms with van der Waals surface area (Å²) in [6, 6.07) is 1.97. The van der Waals surface area contributed by atoms with Crippen LogP contribution >= 0.6 is 0 Å². The van der Waals surface area contributed by atoms with E-state index in [1.807, 2.05) is 13.0 Å². The van der Waals surface area contributed by atoms with Gasteiger partial charge in [0.05, 0.1) is 12.2 Å². The number of cyclic esters (lactones) is 1. The Labute approximate surface area is 138 Å². The predicted molar refractivity (Wildman–Crippen MR) is 87.7 cm³/mol. The van der Waals surface area contributed by atoms with Crippen molar-refractivity contribution in [1.82, 2.24) is 0 Å². The van der Waals surface area contributed by atoms with E-state index < -0.39 is 0 Å². The molecule has 2 heterocycles. The van der Waals surface area contributed by atoms with E-state index in [0.29, 0.717) is 5.92 Å². The third-order valence-corrected chi connectivity index (χ3v) is 7.25. The molecule has 0 radical (unpaired) electrons. The van der Waals surface area contributed by atoms with E-state index in [1.165, 1.54) is 5.57 Å². The molecule has 1 aromatic rings. The van der Waals surface area contributed by atoms with Crippen molar-refractivity contribution in [3.8, 4) is 0 Å². The number of carbonyl (C=O) groups excluding carboxylic acids is 1. The van der Waals surface area contributed by atoms with Gasteiger partial charge in [-0.1, -0.05) is 25.5 Å². The Hall–Kier alpha value is -1.51. The summed E-state index contributed by atoms with van der Waals surface area (Å²) >= 11 is 0. The molecule has 5 atom stereocenters. The number of esters is 1. The highest BCUT2D eigenvalue weighted by atomic mass is 16.6. The van der Waals surface area contributed by atoms with E-state index >= 15 is 0 Å². The Morgan fingerprint density at radius 2 is 2.00 bits per heavy atom. The van der Waals surface area contributed by atoms with Crippen molar-refractivity contribution in [2.45, 2.75) is 59.5 Å². The molecule has 1 saturated heterocycles. The molecule has 0 N–H and O–H groups in total. The summed E-state index contributed by atoms with van der Waals surface area (Å²) in [5.74, 6) is 1.28. The first-order valence-electron chi connectivity index (χ1n) is 8.80. The van der Waals surface area contributed by atoms with Crippen LogP contribution in [-0.4, -0.2) is 5.97 Å². The topological polar surface area (TPSA) is 39.4 Å². The summed E-state index contributed by atoms with van der Waals surface area (Å²) in [5.41, 5.74) is 2.57. The third-order valence-electron chi connectivity index (χ3n) is 7.25. The molecule has 0 amide bonds. The number of rotatable bonds is 1. The van der Waals surface area contributed by atoms with Gasteiger partial charge in [0.1, 0.15) is 5.76 Å². The van der Waals surface area contributed by atoms with Crippen molar-refractivity contribution in [3.05, 3.63) is 35.3 Å². The minimum absolute atomic E-state index is 0.000903. The van der Waals surface area contributed by atoms with Gasteiger partial charge in [-0.25, -0.2) is 0 Å². The summed E-state index contributed by atoms with van der Waals surface area (Å²) < 4.78 is 11.7. The van der Waals surface area contributed by atoms with Crippen LogP contribution in [0.5, 0.6) is 0 Å². The largest absolute Gasteiger partial charge is 0.465 e. The molecule has 0 bridgehead atoms. The van der Waals surface area contributed by atoms with Gasteiger partial charge in [-0.3, -0.25) is 4.79 Å². The summed E-state index contributed by atoms with van der Waals surface area (Å²) in [5, 5.41) is 0. The second-order valence-corrected chi connectivity index (χ2v) is 8.18. The van der Waals surface area contributed by atoms with Crippen LogP contribution in [0.2, 0.25) is 0 Å². The van der Waals surface area contributed by atoms with Crippen molar-refractivity contribution in [3.63, 3.8) is 0 Å². The third kappa shape index (κ3) is 1.79. The molecule has 0 aromatic carbocycles. The van der Waals surface area contributed by atoms with Crippen LogP contribution in [0.15, 0.2) is 28.4 Å². The predicted octanol–water partition coefficient (Wildman–Crippen LogP) is 4.96. The highest BCUT2D eigenvalue weighted by Gasteiger charge is 2.65. The average Bonchev–Trinajstić information content (AvgIpc) is 3.02. The molecular weight excluding hydrogens is 288 g/mol. The maximum absolute atomic E-state index is 12.6. The van der Waals surface area contributed by atoms with Crippen LogP contribution in [0.25, 0.3) is 0 Å². The fourth-order valence-electron chi connectivity index (χ4n) is 5.71. The molecule has 124 valence electrons. The van der Waals surface area contributed by atoms with Crippen molar-refractivity contribution < 1.29 is 13.9 Å². The highest BCUT2D eigenvalue weighted by Crippen LogP contribution is 2.67. The van der Waals surface area contributed by atoms with Crippen LogP contribution in [0.4, 0.5) is 0 Å². The van der Waals surface area contributed by atoms with Crippen molar-refractivity contribution >= 4 is 5.97 Å². The number of furan rings is 1. The zero-order valence-corrected chi connectivity index (χ0v) is 14.5. The zero-order valence-electron chi connectivity index (χ0n) is 14.5. The van der Waals surface area contributed by atoms with Gasteiger partial charge in [0.2, 0.25) is 0 Å². The number of carbonyl (C=O) groups is 1. The van der Waals surface area contributed by atoms with E-state index in [1.54, 1.807) is 6.26 Å². The van der Waals surface area contributed by atoms with Gasteiger partial charge in [-0.2, -0.15) is 0 Å². The van der Waals surface area contributed by atoms with Crippen LogP contribution in [-0.2, 0) is 9.53 Å². The number of hydrogen-bond acceptors (Lipinski definition) is 3. The maximum Gasteiger partial charge on any atom is 0.310 e. The number of aryl methyl sites for hydroxylation is 1. The van der Waals surface area contributed by atoms with E-state index in [0.717, 1.165) is 37.0 Å². The average molecular weight is 314 g/mol. The van der Waals surface area contributed by atoms with E-state index in [-0.39, 0.29) is 28.8 Å². The minimum Gasteiger partial charge on any atom is -0.465 e. The fraction of sp³-hybridized carbons (Fsp3) is 0.650. The first-order chi connectivity index (χ1) is 10.9. The molecule has 1 saturated carbocycles. The Morgan fingerprint density at radius 1 is 1.22 bits per heavy atom. The molecule has 3 heteroatoms. The smallest absolute Gasteiger partial charge is 0.310 e. The zero-order chi connectivity index (χ0) is 16.4. The van der Waals surface area contributed by atoms with Crippen LogP contribution in [0.1, 0.15) is 63.9 Å². The first-order valence-corrected chi connectivity index (χ1v) is 8.80. The number of allylic oxidation sites excluding steroid dienone is 2. The van der Waals surface area contributed by atoms with Crippen molar-refractivity contribution in [2.24, 2.45) is 22.7 Å². The standard InChI is InChI=1S/C20H26O3/c1-12-9-11-22-16(12)17-20(4)14(18(21)23-17)8-10-19(3)13(2)6-5-7-15(19)20/h6,9,11,14-15,17H,5,7-8,10H2,1-4H3/t14-,15-,17-,19-,20-/m0/s1. The number of fused-ring (bicyclic) bond motifs is 3. The molecule has 23 heavy (non-hydrogen) atoms. The molecule has 0 unspecified atom stereocenters. The van der Waals surface area contributed by atoms with Crippen LogP contribution in [0.3, 0.4) is 0 Å². The van der Waals surface area contributed by atoms with Gasteiger partial charge >= 0.3 is 5.97 Å². The molecule has 0 spiro atoms. The molecular formula is C20H26O3. The summed E-state index contributed by atoms with van der Waals surface area (Å²) in [6.45, 7) is 8.97. The lowest BCUT2D eigenvalue weighted by molar-refractivity contribution is -0.145. The normalized spacial score (nSPS) is 42.7. The lowest BCUT2D eigenvalue weighted by Gasteiger charge is -2.55. The van der Waals surface area contributed by atoms with Gasteiger partial charge in [0.15, 0.2) is 6.10 Å². The second-order valence-electron chi connectivity index (χ2n) is 8.18. The van der Waals surface area contributed by atoms with Gasteiger partial charge in [0.25, 0.3) is 0 Å². The monoisotopic (exact) mass is 314 g/mol. The molecule has 1 aromatic heterocycles. The molecule has 3 nitrogen and oxygen atoms in total. The summed E-state index contributed by atoms with van der Waals surface area (Å²) in [7, 11) is 0. The van der Waals surface area contributed by atoms with Gasteiger partial charge in [0, 0.05) is 5.41 Å². The number of ether oxygens (including phenoxy) is 1. The quantitative estimate of drug-likeness (QED) is 0.543. The first kappa shape index (κ1) is 15.0. The fourth-order valence-corrected chi connectivity index (χ4v) is 5.71. The van der Waals surface area contributed by atoms with Crippen molar-refractivity contribution in [2.75, 3.05) is 0 Å². The van der Waals surface area contributed by atoms with Crippen molar-refractivity contribution in [1.29, 1.82) is 0 Å². The Morgan fingerprint density at radius 3 is 2.70 bits per heavy atom. The van der Waals surface area contributed by atoms with E-state index in [4.69, 9.17) is 9.15 Å². The summed E-state index contributed by atoms with van der Waals surface area (Å²) in [6.07, 6.45) is 8.10. The molecule has 2 fully saturated rings. The summed E-state index contributed by atoms with van der Waals surface area (Å²) in [4.78, 5) is 12.6. The second kappa shape index (κ2) is 4.75. The van der Waals surface area contributed by atoms with E-state index in [2.05, 4.69) is 26.8 Å². The highest BCUT2D eigenvalue weighted by molar-refractivity contribution is 5.77. The maximum atomic E-state index is 12.6. The van der Waals surface area contributed by atoms with Crippen LogP contribution < -0.4 is 0 Å². The van der Waals surface area contributed by atoms with Crippen LogP contribution in [0, 0.1) is 29.6 Å². The lowest BCUT2D eigenvalue weighted by Crippen LogP contribution is -2.51. The number of hydrogen-bond donors (Lipinski definition) is 0. The van der Waals surface area contributed by atoms with Gasteiger partial charge in [-0.15, -0.1) is 0 Å².